The number of nitrogens with zero attached hydrogens (tertiary/aromatic N) is 1. The molecule has 3 aromatic carbocycles. The molecular weight excluding hydrogens is 408 g/mol. The summed E-state index contributed by atoms with van der Waals surface area (Å²) in [6.07, 6.45) is 3.57. The first-order valence-corrected chi connectivity index (χ1v) is 15.8. The third kappa shape index (κ3) is 4.01. The van der Waals surface area contributed by atoms with Gasteiger partial charge in [-0.25, -0.2) is 0 Å². The van der Waals surface area contributed by atoms with Crippen molar-refractivity contribution in [3.8, 4) is 0 Å². The first-order valence-electron chi connectivity index (χ1n) is 9.87. The Kier molecular flexibility index (Phi) is 6.80. The van der Waals surface area contributed by atoms with E-state index in [4.69, 9.17) is 3.63 Å². The van der Waals surface area contributed by atoms with Gasteiger partial charge in [-0.3, -0.25) is 0 Å². The van der Waals surface area contributed by atoms with Gasteiger partial charge in [0, 0.05) is 0 Å². The molecule has 0 amide bonds. The van der Waals surface area contributed by atoms with E-state index in [0.29, 0.717) is 0 Å². The van der Waals surface area contributed by atoms with Crippen LogP contribution >= 0.6 is 7.41 Å². The second-order valence-corrected chi connectivity index (χ2v) is 18.1. The van der Waals surface area contributed by atoms with Crippen LogP contribution in [0.1, 0.15) is 20.8 Å². The summed E-state index contributed by atoms with van der Waals surface area (Å²) < 4.78 is 10.3. The standard InChI is InChI=1S/C24H30AsNP/c1-4-27(5-2,6-3)26-25(22-16-10-7-11-17-22,23-18-12-8-13-19-23)24-20-14-9-15-21-24/h7-21H,4-6H2,1-3H3/q+1. The van der Waals surface area contributed by atoms with E-state index in [1.54, 1.807) is 0 Å². The second-order valence-electron chi connectivity index (χ2n) is 6.78. The minimum absolute atomic E-state index is 1.19. The molecule has 0 atom stereocenters. The van der Waals surface area contributed by atoms with Crippen molar-refractivity contribution in [1.29, 1.82) is 0 Å². The third-order valence-electron chi connectivity index (χ3n) is 5.48. The van der Waals surface area contributed by atoms with Crippen molar-refractivity contribution < 1.29 is 0 Å². The maximum atomic E-state index is 5.99. The number of rotatable bonds is 7. The average molecular weight is 438 g/mol. The molecule has 0 saturated heterocycles. The molecule has 1 nitrogen and oxygen atoms in total. The molecule has 0 unspecified atom stereocenters. The van der Waals surface area contributed by atoms with E-state index in [0.717, 1.165) is 0 Å². The fraction of sp³-hybridized carbons (Fsp3) is 0.250. The van der Waals surface area contributed by atoms with Crippen LogP contribution in [0.5, 0.6) is 0 Å². The molecule has 0 aliphatic heterocycles. The van der Waals surface area contributed by atoms with Gasteiger partial charge in [-0.05, 0) is 0 Å². The molecule has 3 heteroatoms. The summed E-state index contributed by atoms with van der Waals surface area (Å²) in [5.41, 5.74) is 0. The summed E-state index contributed by atoms with van der Waals surface area (Å²) in [5, 5.41) is 0. The van der Waals surface area contributed by atoms with Crippen LogP contribution in [0.4, 0.5) is 0 Å². The molecule has 0 spiro atoms. The van der Waals surface area contributed by atoms with E-state index in [1.165, 1.54) is 31.5 Å². The molecule has 0 radical (unpaired) electrons. The zero-order chi connectivity index (χ0) is 19.2. The summed E-state index contributed by atoms with van der Waals surface area (Å²) in [7, 11) is -1.36. The van der Waals surface area contributed by atoms with Crippen LogP contribution in [0.2, 0.25) is 0 Å². The molecule has 0 aromatic heterocycles. The van der Waals surface area contributed by atoms with Crippen LogP contribution in [0.15, 0.2) is 94.6 Å². The van der Waals surface area contributed by atoms with Crippen LogP contribution in [0.3, 0.4) is 0 Å². The number of benzene rings is 3. The van der Waals surface area contributed by atoms with Gasteiger partial charge in [0.2, 0.25) is 0 Å². The normalized spacial score (nSPS) is 12.0. The SMILES string of the molecule is CC[P+](CC)(CC)N=[As](c1ccccc1)(c1ccccc1)c1ccccc1. The van der Waals surface area contributed by atoms with Gasteiger partial charge >= 0.3 is 168 Å². The molecule has 0 N–H and O–H groups in total. The molecule has 0 heterocycles. The van der Waals surface area contributed by atoms with E-state index in [-0.39, 0.29) is 0 Å². The van der Waals surface area contributed by atoms with Crippen molar-refractivity contribution in [1.82, 2.24) is 0 Å². The summed E-state index contributed by atoms with van der Waals surface area (Å²) in [4.78, 5) is 0. The monoisotopic (exact) mass is 438 g/mol. The Balaban J connectivity index is 2.48. The molecule has 0 aliphatic rings. The zero-order valence-corrected chi connectivity index (χ0v) is 19.4. The van der Waals surface area contributed by atoms with E-state index in [2.05, 4.69) is 112 Å². The molecule has 3 aromatic rings. The van der Waals surface area contributed by atoms with Crippen LogP contribution in [-0.2, 0) is 0 Å². The first-order chi connectivity index (χ1) is 13.2. The summed E-state index contributed by atoms with van der Waals surface area (Å²) >= 11 is -2.92. The fourth-order valence-corrected chi connectivity index (χ4v) is 19.9. The van der Waals surface area contributed by atoms with Crippen molar-refractivity contribution in [2.45, 2.75) is 20.8 Å². The Morgan fingerprint density at radius 2 is 0.852 bits per heavy atom. The predicted molar refractivity (Wildman–Crippen MR) is 125 cm³/mol. The molecule has 0 saturated carbocycles. The summed E-state index contributed by atoms with van der Waals surface area (Å²) in [6, 6.07) is 33.3. The van der Waals surface area contributed by atoms with Crippen molar-refractivity contribution in [3.05, 3.63) is 91.0 Å². The van der Waals surface area contributed by atoms with Gasteiger partial charge in [-0.1, -0.05) is 0 Å². The Labute approximate surface area is 167 Å². The molecular formula is C24H30AsNP+. The van der Waals surface area contributed by atoms with Gasteiger partial charge < -0.3 is 0 Å². The quantitative estimate of drug-likeness (QED) is 0.367. The van der Waals surface area contributed by atoms with Gasteiger partial charge in [0.05, 0.1) is 0 Å². The van der Waals surface area contributed by atoms with Crippen LogP contribution in [-0.4, -0.2) is 31.8 Å². The summed E-state index contributed by atoms with van der Waals surface area (Å²) in [5.74, 6) is 0. The average Bonchev–Trinajstić information content (AvgIpc) is 2.77. The molecule has 0 fully saturated rings. The Bertz CT molecular complexity index is 776. The van der Waals surface area contributed by atoms with E-state index in [1.807, 2.05) is 0 Å². The topological polar surface area (TPSA) is 12.4 Å². The predicted octanol–water partition coefficient (Wildman–Crippen LogP) is 4.91. The molecule has 140 valence electrons. The second kappa shape index (κ2) is 9.09. The maximum absolute atomic E-state index is 5.99. The van der Waals surface area contributed by atoms with Gasteiger partial charge in [0.25, 0.3) is 0 Å². The van der Waals surface area contributed by atoms with Crippen LogP contribution < -0.4 is 13.1 Å². The minimum atomic E-state index is -2.92. The molecule has 3 rings (SSSR count). The Morgan fingerprint density at radius 1 is 0.556 bits per heavy atom. The van der Waals surface area contributed by atoms with Crippen molar-refractivity contribution >= 4 is 33.8 Å². The van der Waals surface area contributed by atoms with Gasteiger partial charge in [-0.15, -0.1) is 0 Å². The van der Waals surface area contributed by atoms with E-state index >= 15 is 0 Å². The Hall–Kier alpha value is -1.55. The van der Waals surface area contributed by atoms with Crippen molar-refractivity contribution in [2.24, 2.45) is 3.63 Å². The Morgan fingerprint density at radius 3 is 1.11 bits per heavy atom. The van der Waals surface area contributed by atoms with Gasteiger partial charge in [-0.2, -0.15) is 0 Å². The fourth-order valence-electron chi connectivity index (χ4n) is 3.68. The van der Waals surface area contributed by atoms with E-state index < -0.39 is 20.8 Å². The van der Waals surface area contributed by atoms with Gasteiger partial charge in [0.15, 0.2) is 0 Å². The first kappa shape index (κ1) is 20.2. The van der Waals surface area contributed by atoms with Crippen LogP contribution in [0.25, 0.3) is 0 Å². The van der Waals surface area contributed by atoms with Crippen molar-refractivity contribution in [2.75, 3.05) is 18.5 Å². The zero-order valence-electron chi connectivity index (χ0n) is 16.6. The van der Waals surface area contributed by atoms with Crippen molar-refractivity contribution in [3.63, 3.8) is 0 Å². The van der Waals surface area contributed by atoms with Crippen LogP contribution in [0, 0.1) is 0 Å². The number of hydrogen-bond acceptors (Lipinski definition) is 1. The van der Waals surface area contributed by atoms with E-state index in [9.17, 15) is 0 Å². The molecule has 0 bridgehead atoms. The van der Waals surface area contributed by atoms with Gasteiger partial charge in [0.1, 0.15) is 0 Å². The third-order valence-corrected chi connectivity index (χ3v) is 20.3. The molecule has 27 heavy (non-hydrogen) atoms. The molecule has 0 aliphatic carbocycles. The summed E-state index contributed by atoms with van der Waals surface area (Å²) in [6.45, 7) is 7.03. The number of hydrogen-bond donors (Lipinski definition) is 0.